The van der Waals surface area contributed by atoms with Gasteiger partial charge in [-0.05, 0) is 35.4 Å². The third-order valence-electron chi connectivity index (χ3n) is 3.77. The van der Waals surface area contributed by atoms with E-state index < -0.39 is 0 Å². The second-order valence-electron chi connectivity index (χ2n) is 5.85. The first kappa shape index (κ1) is 16.9. The Balaban J connectivity index is 1.66. The van der Waals surface area contributed by atoms with Crippen molar-refractivity contribution in [3.63, 3.8) is 0 Å². The van der Waals surface area contributed by atoms with Crippen LogP contribution in [0.4, 0.5) is 0 Å². The molecule has 3 aromatic rings. The second kappa shape index (κ2) is 7.72. The zero-order chi connectivity index (χ0) is 16.9. The van der Waals surface area contributed by atoms with Crippen LogP contribution in [0.3, 0.4) is 0 Å². The Labute approximate surface area is 149 Å². The minimum Gasteiger partial charge on any atom is -0.346 e. The summed E-state index contributed by atoms with van der Waals surface area (Å²) in [6.07, 6.45) is 4.45. The molecule has 1 N–H and O–H groups in total. The minimum absolute atomic E-state index is 0.0265. The fraction of sp³-hybridized carbons (Fsp3) is 0.353. The average molecular weight is 361 g/mol. The average Bonchev–Trinajstić information content (AvgIpc) is 3.28. The Morgan fingerprint density at radius 1 is 1.38 bits per heavy atom. The van der Waals surface area contributed by atoms with Gasteiger partial charge in [-0.2, -0.15) is 16.4 Å². The molecule has 0 unspecified atom stereocenters. The highest BCUT2D eigenvalue weighted by molar-refractivity contribution is 7.09. The Hall–Kier alpha value is -1.99. The number of hydrogen-bond acceptors (Lipinski definition) is 5. The molecular weight excluding hydrogens is 340 g/mol. The summed E-state index contributed by atoms with van der Waals surface area (Å²) >= 11 is 3.24. The number of hydrogen-bond donors (Lipinski definition) is 1. The number of carbonyl (C=O) groups excluding carboxylic acids is 1. The molecule has 5 nitrogen and oxygen atoms in total. The van der Waals surface area contributed by atoms with Crippen molar-refractivity contribution in [2.24, 2.45) is 5.92 Å². The van der Waals surface area contributed by atoms with E-state index in [4.69, 9.17) is 0 Å². The molecule has 0 spiro atoms. The van der Waals surface area contributed by atoms with Crippen molar-refractivity contribution >= 4 is 28.6 Å². The fourth-order valence-electron chi connectivity index (χ4n) is 2.49. The van der Waals surface area contributed by atoms with Crippen molar-refractivity contribution < 1.29 is 4.79 Å². The van der Waals surface area contributed by atoms with E-state index in [1.165, 1.54) is 5.56 Å². The van der Waals surface area contributed by atoms with Gasteiger partial charge >= 0.3 is 0 Å². The molecule has 1 amide bonds. The number of thiazole rings is 1. The van der Waals surface area contributed by atoms with E-state index in [1.54, 1.807) is 28.9 Å². The predicted molar refractivity (Wildman–Crippen MR) is 97.1 cm³/mol. The number of rotatable bonds is 7. The van der Waals surface area contributed by atoms with Gasteiger partial charge in [0, 0.05) is 24.2 Å². The number of amides is 1. The van der Waals surface area contributed by atoms with Crippen LogP contribution in [0.25, 0.3) is 0 Å². The third kappa shape index (κ3) is 4.30. The lowest BCUT2D eigenvalue weighted by Gasteiger charge is -2.19. The summed E-state index contributed by atoms with van der Waals surface area (Å²) in [7, 11) is 0. The highest BCUT2D eigenvalue weighted by Gasteiger charge is 2.21. The molecular formula is C17H20N4OS2. The Bertz CT molecular complexity index is 764. The topological polar surface area (TPSA) is 59.8 Å². The zero-order valence-corrected chi connectivity index (χ0v) is 15.3. The van der Waals surface area contributed by atoms with Crippen molar-refractivity contribution in [3.8, 4) is 0 Å². The van der Waals surface area contributed by atoms with Crippen LogP contribution in [-0.4, -0.2) is 20.7 Å². The van der Waals surface area contributed by atoms with Crippen LogP contribution in [0.1, 0.15) is 29.2 Å². The number of aromatic nitrogens is 3. The molecule has 7 heteroatoms. The maximum Gasteiger partial charge on any atom is 0.225 e. The van der Waals surface area contributed by atoms with E-state index >= 15 is 0 Å². The van der Waals surface area contributed by atoms with Gasteiger partial charge in [-0.3, -0.25) is 9.48 Å². The first-order chi connectivity index (χ1) is 11.6. The van der Waals surface area contributed by atoms with Gasteiger partial charge in [-0.1, -0.05) is 6.92 Å². The highest BCUT2D eigenvalue weighted by atomic mass is 32.1. The summed E-state index contributed by atoms with van der Waals surface area (Å²) < 4.78 is 1.82. The molecule has 24 heavy (non-hydrogen) atoms. The Kier molecular flexibility index (Phi) is 5.42. The summed E-state index contributed by atoms with van der Waals surface area (Å²) in [5.74, 6) is -0.132. The van der Waals surface area contributed by atoms with E-state index in [9.17, 15) is 4.79 Å². The molecule has 0 aliphatic carbocycles. The number of aryl methyl sites for hydroxylation is 1. The van der Waals surface area contributed by atoms with Gasteiger partial charge in [0.05, 0.1) is 24.2 Å². The molecule has 3 aromatic heterocycles. The van der Waals surface area contributed by atoms with Crippen LogP contribution >= 0.6 is 22.7 Å². The molecule has 0 aromatic carbocycles. The number of carbonyl (C=O) groups is 1. The van der Waals surface area contributed by atoms with Crippen LogP contribution in [-0.2, 0) is 17.8 Å². The number of nitrogens with zero attached hydrogens (tertiary/aromatic N) is 3. The lowest BCUT2D eigenvalue weighted by atomic mass is 10.1. The smallest absolute Gasteiger partial charge is 0.225 e. The van der Waals surface area contributed by atoms with Gasteiger partial charge in [0.15, 0.2) is 0 Å². The number of nitrogens with one attached hydrogen (secondary N) is 1. The molecule has 0 bridgehead atoms. The van der Waals surface area contributed by atoms with Crippen molar-refractivity contribution in [1.82, 2.24) is 20.1 Å². The molecule has 0 fully saturated rings. The molecule has 0 saturated carbocycles. The van der Waals surface area contributed by atoms with Crippen LogP contribution in [0.2, 0.25) is 0 Å². The zero-order valence-electron chi connectivity index (χ0n) is 13.7. The molecule has 0 radical (unpaired) electrons. The standard InChI is InChI=1S/C17H20N4OS2/c1-12(10-21-6-3-13(2)20-21)16(22)19-15(17-18-5-8-24-17)9-14-4-7-23-11-14/h3-8,11-12,15H,9-10H2,1-2H3,(H,19,22)/t12-,15-/m1/s1. The summed E-state index contributed by atoms with van der Waals surface area (Å²) in [5, 5.41) is 14.6. The Morgan fingerprint density at radius 2 is 2.25 bits per heavy atom. The lowest BCUT2D eigenvalue weighted by molar-refractivity contribution is -0.125. The predicted octanol–water partition coefficient (Wildman–Crippen LogP) is 3.45. The van der Waals surface area contributed by atoms with Crippen molar-refractivity contribution in [3.05, 3.63) is 56.9 Å². The van der Waals surface area contributed by atoms with Gasteiger partial charge in [0.25, 0.3) is 0 Å². The first-order valence-corrected chi connectivity index (χ1v) is 9.65. The van der Waals surface area contributed by atoms with Gasteiger partial charge in [0.2, 0.25) is 5.91 Å². The van der Waals surface area contributed by atoms with Gasteiger partial charge < -0.3 is 5.32 Å². The van der Waals surface area contributed by atoms with E-state index in [1.807, 2.05) is 36.2 Å². The molecule has 0 aliphatic rings. The van der Waals surface area contributed by atoms with Crippen LogP contribution < -0.4 is 5.32 Å². The molecule has 0 aliphatic heterocycles. The van der Waals surface area contributed by atoms with Crippen LogP contribution in [0.15, 0.2) is 40.7 Å². The first-order valence-electron chi connectivity index (χ1n) is 7.82. The second-order valence-corrected chi connectivity index (χ2v) is 7.55. The van der Waals surface area contributed by atoms with E-state index in [0.717, 1.165) is 17.1 Å². The third-order valence-corrected chi connectivity index (χ3v) is 5.39. The molecule has 2 atom stereocenters. The van der Waals surface area contributed by atoms with Crippen molar-refractivity contribution in [2.75, 3.05) is 0 Å². The summed E-state index contributed by atoms with van der Waals surface area (Å²) in [6.45, 7) is 4.44. The molecule has 126 valence electrons. The van der Waals surface area contributed by atoms with Crippen molar-refractivity contribution in [1.29, 1.82) is 0 Å². The van der Waals surface area contributed by atoms with Crippen molar-refractivity contribution in [2.45, 2.75) is 32.9 Å². The maximum absolute atomic E-state index is 12.6. The minimum atomic E-state index is -0.158. The SMILES string of the molecule is Cc1ccn(C[C@@H](C)C(=O)N[C@H](Cc2ccsc2)c2nccs2)n1. The summed E-state index contributed by atoms with van der Waals surface area (Å²) in [5.41, 5.74) is 2.18. The summed E-state index contributed by atoms with van der Waals surface area (Å²) in [6, 6.07) is 3.95. The van der Waals surface area contributed by atoms with E-state index in [0.29, 0.717) is 6.54 Å². The number of thiophene rings is 1. The highest BCUT2D eigenvalue weighted by Crippen LogP contribution is 2.22. The van der Waals surface area contributed by atoms with E-state index in [-0.39, 0.29) is 17.9 Å². The van der Waals surface area contributed by atoms with Crippen LogP contribution in [0.5, 0.6) is 0 Å². The molecule has 3 rings (SSSR count). The van der Waals surface area contributed by atoms with Crippen LogP contribution in [0, 0.1) is 12.8 Å². The van der Waals surface area contributed by atoms with Gasteiger partial charge in [0.1, 0.15) is 5.01 Å². The lowest BCUT2D eigenvalue weighted by Crippen LogP contribution is -2.35. The van der Waals surface area contributed by atoms with Gasteiger partial charge in [-0.25, -0.2) is 4.98 Å². The summed E-state index contributed by atoms with van der Waals surface area (Å²) in [4.78, 5) is 17.0. The monoisotopic (exact) mass is 360 g/mol. The fourth-order valence-corrected chi connectivity index (χ4v) is 3.86. The normalized spacial score (nSPS) is 13.6. The quantitative estimate of drug-likeness (QED) is 0.702. The van der Waals surface area contributed by atoms with Gasteiger partial charge in [-0.15, -0.1) is 11.3 Å². The maximum atomic E-state index is 12.6. The largest absolute Gasteiger partial charge is 0.346 e. The molecule has 0 saturated heterocycles. The van der Waals surface area contributed by atoms with E-state index in [2.05, 4.69) is 32.2 Å². The molecule has 3 heterocycles. The Morgan fingerprint density at radius 3 is 2.88 bits per heavy atom.